The molecule has 1 unspecified atom stereocenters. The van der Waals surface area contributed by atoms with E-state index in [4.69, 9.17) is 0 Å². The first-order chi connectivity index (χ1) is 11.6. The van der Waals surface area contributed by atoms with Crippen LogP contribution in [0.2, 0.25) is 0 Å². The molecule has 3 rings (SSSR count). The van der Waals surface area contributed by atoms with Crippen LogP contribution < -0.4 is 5.32 Å². The molecule has 0 aliphatic carbocycles. The van der Waals surface area contributed by atoms with Crippen LogP contribution in [0.5, 0.6) is 0 Å². The molecule has 0 bridgehead atoms. The largest absolute Gasteiger partial charge is 0.341 e. The Hall–Kier alpha value is -1.79. The highest BCUT2D eigenvalue weighted by atomic mass is 16.2. The number of amides is 4. The molecule has 0 aromatic carbocycles. The van der Waals surface area contributed by atoms with E-state index in [1.165, 1.54) is 0 Å². The van der Waals surface area contributed by atoms with Crippen LogP contribution in [-0.2, 0) is 9.59 Å². The van der Waals surface area contributed by atoms with E-state index in [0.29, 0.717) is 18.3 Å². The van der Waals surface area contributed by atoms with Crippen molar-refractivity contribution in [3.8, 4) is 0 Å². The number of nitrogens with one attached hydrogen (secondary N) is 1. The molecule has 3 fully saturated rings. The Morgan fingerprint density at radius 3 is 2.33 bits per heavy atom. The second-order valence-corrected chi connectivity index (χ2v) is 7.19. The van der Waals surface area contributed by atoms with Gasteiger partial charge < -0.3 is 20.0 Å². The van der Waals surface area contributed by atoms with Crippen LogP contribution in [0.25, 0.3) is 0 Å². The van der Waals surface area contributed by atoms with E-state index in [1.54, 1.807) is 11.9 Å². The SMILES string of the molecule is CNC(=O)N1CCC(C2CCN(C(=O)CN3CCCC3=O)C2)CC1. The van der Waals surface area contributed by atoms with Crippen LogP contribution in [-0.4, -0.2) is 78.9 Å². The minimum Gasteiger partial charge on any atom is -0.341 e. The van der Waals surface area contributed by atoms with E-state index in [2.05, 4.69) is 5.32 Å². The van der Waals surface area contributed by atoms with Crippen molar-refractivity contribution in [1.29, 1.82) is 0 Å². The van der Waals surface area contributed by atoms with Crippen LogP contribution in [0, 0.1) is 11.8 Å². The summed E-state index contributed by atoms with van der Waals surface area (Å²) >= 11 is 0. The average molecular weight is 336 g/mol. The van der Waals surface area contributed by atoms with E-state index in [-0.39, 0.29) is 24.4 Å². The lowest BCUT2D eigenvalue weighted by Crippen LogP contribution is -2.44. The van der Waals surface area contributed by atoms with Crippen LogP contribution >= 0.6 is 0 Å². The zero-order valence-corrected chi connectivity index (χ0v) is 14.5. The molecule has 134 valence electrons. The summed E-state index contributed by atoms with van der Waals surface area (Å²) in [6, 6.07) is 0.00644. The predicted molar refractivity (Wildman–Crippen MR) is 89.3 cm³/mol. The van der Waals surface area contributed by atoms with Gasteiger partial charge in [0.1, 0.15) is 0 Å². The fraction of sp³-hybridized carbons (Fsp3) is 0.824. The Morgan fingerprint density at radius 1 is 1.04 bits per heavy atom. The van der Waals surface area contributed by atoms with Gasteiger partial charge in [-0.3, -0.25) is 9.59 Å². The number of likely N-dealkylation sites (tertiary alicyclic amines) is 3. The molecule has 3 aliphatic heterocycles. The van der Waals surface area contributed by atoms with Crippen LogP contribution in [0.1, 0.15) is 32.1 Å². The molecule has 1 N–H and O–H groups in total. The van der Waals surface area contributed by atoms with Crippen molar-refractivity contribution < 1.29 is 14.4 Å². The number of rotatable bonds is 3. The van der Waals surface area contributed by atoms with Crippen molar-refractivity contribution in [3.63, 3.8) is 0 Å². The summed E-state index contributed by atoms with van der Waals surface area (Å²) in [5, 5.41) is 2.68. The van der Waals surface area contributed by atoms with Crippen molar-refractivity contribution in [2.24, 2.45) is 11.8 Å². The lowest BCUT2D eigenvalue weighted by molar-refractivity contribution is -0.137. The van der Waals surface area contributed by atoms with Crippen molar-refractivity contribution >= 4 is 17.8 Å². The molecule has 0 aromatic rings. The van der Waals surface area contributed by atoms with Gasteiger partial charge in [-0.05, 0) is 37.5 Å². The second-order valence-electron chi connectivity index (χ2n) is 7.19. The van der Waals surface area contributed by atoms with E-state index in [9.17, 15) is 14.4 Å². The van der Waals surface area contributed by atoms with Gasteiger partial charge >= 0.3 is 6.03 Å². The Balaban J connectivity index is 1.45. The van der Waals surface area contributed by atoms with Gasteiger partial charge in [-0.25, -0.2) is 4.79 Å². The number of hydrogen-bond acceptors (Lipinski definition) is 3. The lowest BCUT2D eigenvalue weighted by Gasteiger charge is -2.34. The van der Waals surface area contributed by atoms with Gasteiger partial charge in [0.05, 0.1) is 6.54 Å². The zero-order chi connectivity index (χ0) is 17.1. The maximum Gasteiger partial charge on any atom is 0.317 e. The van der Waals surface area contributed by atoms with Crippen molar-refractivity contribution in [2.45, 2.75) is 32.1 Å². The summed E-state index contributed by atoms with van der Waals surface area (Å²) in [6.45, 7) is 4.20. The van der Waals surface area contributed by atoms with E-state index >= 15 is 0 Å². The van der Waals surface area contributed by atoms with Crippen molar-refractivity contribution in [1.82, 2.24) is 20.0 Å². The molecule has 0 spiro atoms. The van der Waals surface area contributed by atoms with E-state index < -0.39 is 0 Å². The lowest BCUT2D eigenvalue weighted by atomic mass is 9.84. The monoisotopic (exact) mass is 336 g/mol. The van der Waals surface area contributed by atoms with Gasteiger partial charge in [0.15, 0.2) is 0 Å². The first kappa shape index (κ1) is 17.0. The maximum atomic E-state index is 12.4. The summed E-state index contributed by atoms with van der Waals surface area (Å²) < 4.78 is 0. The fourth-order valence-electron chi connectivity index (χ4n) is 4.27. The summed E-state index contributed by atoms with van der Waals surface area (Å²) in [6.07, 6.45) is 4.54. The number of carbonyl (C=O) groups excluding carboxylic acids is 3. The summed E-state index contributed by atoms with van der Waals surface area (Å²) in [5.74, 6) is 1.34. The highest BCUT2D eigenvalue weighted by Crippen LogP contribution is 2.32. The molecule has 7 heteroatoms. The fourth-order valence-corrected chi connectivity index (χ4v) is 4.27. The maximum absolute atomic E-state index is 12.4. The summed E-state index contributed by atoms with van der Waals surface area (Å²) in [7, 11) is 1.67. The summed E-state index contributed by atoms with van der Waals surface area (Å²) in [4.78, 5) is 41.2. The van der Waals surface area contributed by atoms with E-state index in [0.717, 1.165) is 58.4 Å². The molecule has 7 nitrogen and oxygen atoms in total. The minimum atomic E-state index is 0.00644. The molecule has 3 aliphatic rings. The smallest absolute Gasteiger partial charge is 0.317 e. The van der Waals surface area contributed by atoms with Crippen molar-refractivity contribution in [3.05, 3.63) is 0 Å². The second kappa shape index (κ2) is 7.40. The van der Waals surface area contributed by atoms with Gasteiger partial charge in [-0.15, -0.1) is 0 Å². The first-order valence-electron chi connectivity index (χ1n) is 9.10. The Kier molecular flexibility index (Phi) is 5.26. The van der Waals surface area contributed by atoms with Gasteiger partial charge in [0, 0.05) is 46.2 Å². The molecule has 1 atom stereocenters. The highest BCUT2D eigenvalue weighted by Gasteiger charge is 2.35. The first-order valence-corrected chi connectivity index (χ1v) is 9.10. The third-order valence-corrected chi connectivity index (χ3v) is 5.78. The predicted octanol–water partition coefficient (Wildman–Crippen LogP) is 0.509. The Bertz CT molecular complexity index is 502. The summed E-state index contributed by atoms with van der Waals surface area (Å²) in [5.41, 5.74) is 0. The molecular weight excluding hydrogens is 308 g/mol. The number of hydrogen-bond donors (Lipinski definition) is 1. The van der Waals surface area contributed by atoms with Gasteiger partial charge in [0.25, 0.3) is 0 Å². The number of piperidine rings is 1. The number of carbonyl (C=O) groups is 3. The van der Waals surface area contributed by atoms with E-state index in [1.807, 2.05) is 9.80 Å². The molecule has 0 radical (unpaired) electrons. The normalized spacial score (nSPS) is 25.5. The van der Waals surface area contributed by atoms with Crippen molar-refractivity contribution in [2.75, 3.05) is 46.3 Å². The molecule has 3 heterocycles. The molecule has 4 amide bonds. The van der Waals surface area contributed by atoms with Gasteiger partial charge in [-0.1, -0.05) is 0 Å². The standard InChI is InChI=1S/C17H28N4O3/c1-18-17(24)19-8-4-13(5-9-19)14-6-10-21(11-14)16(23)12-20-7-2-3-15(20)22/h13-14H,2-12H2,1H3,(H,18,24). The topological polar surface area (TPSA) is 73.0 Å². The molecule has 3 saturated heterocycles. The minimum absolute atomic E-state index is 0.00644. The third kappa shape index (κ3) is 3.65. The average Bonchev–Trinajstić information content (AvgIpc) is 3.24. The Morgan fingerprint density at radius 2 is 1.71 bits per heavy atom. The quantitative estimate of drug-likeness (QED) is 0.816. The number of nitrogens with zero attached hydrogens (tertiary/aromatic N) is 3. The van der Waals surface area contributed by atoms with Gasteiger partial charge in [0.2, 0.25) is 11.8 Å². The Labute approximate surface area is 143 Å². The highest BCUT2D eigenvalue weighted by molar-refractivity contribution is 5.86. The molecular formula is C17H28N4O3. The molecule has 0 aromatic heterocycles. The molecule has 24 heavy (non-hydrogen) atoms. The third-order valence-electron chi connectivity index (χ3n) is 5.78. The van der Waals surface area contributed by atoms with Gasteiger partial charge in [-0.2, -0.15) is 0 Å². The van der Waals surface area contributed by atoms with Crippen LogP contribution in [0.15, 0.2) is 0 Å². The zero-order valence-electron chi connectivity index (χ0n) is 14.5. The van der Waals surface area contributed by atoms with Crippen LogP contribution in [0.3, 0.4) is 0 Å². The molecule has 0 saturated carbocycles. The number of urea groups is 1. The van der Waals surface area contributed by atoms with Crippen LogP contribution in [0.4, 0.5) is 4.79 Å².